The number of sulfonamides is 1. The van der Waals surface area contributed by atoms with Crippen molar-refractivity contribution in [2.75, 3.05) is 43.3 Å². The Bertz CT molecular complexity index is 727. The van der Waals surface area contributed by atoms with Gasteiger partial charge in [-0.2, -0.15) is 0 Å². The van der Waals surface area contributed by atoms with E-state index in [1.165, 1.54) is 42.9 Å². The molecule has 138 valence electrons. The van der Waals surface area contributed by atoms with Crippen molar-refractivity contribution < 1.29 is 13.2 Å². The summed E-state index contributed by atoms with van der Waals surface area (Å²) >= 11 is 0. The fraction of sp³-hybridized carbons (Fsp3) is 0.611. The van der Waals surface area contributed by atoms with E-state index in [0.29, 0.717) is 30.8 Å². The quantitative estimate of drug-likeness (QED) is 0.778. The number of rotatable bonds is 6. The predicted octanol–water partition coefficient (Wildman–Crippen LogP) is 1.61. The molecule has 0 aliphatic carbocycles. The zero-order chi connectivity index (χ0) is 17.9. The van der Waals surface area contributed by atoms with Crippen molar-refractivity contribution in [2.24, 2.45) is 0 Å². The lowest BCUT2D eigenvalue weighted by molar-refractivity contribution is 0.0951. The van der Waals surface area contributed by atoms with Crippen LogP contribution in [0.3, 0.4) is 0 Å². The molecule has 1 aromatic carbocycles. The van der Waals surface area contributed by atoms with Crippen molar-refractivity contribution in [3.8, 4) is 0 Å². The summed E-state index contributed by atoms with van der Waals surface area (Å²) in [6.07, 6.45) is 6.72. The van der Waals surface area contributed by atoms with E-state index in [-0.39, 0.29) is 5.91 Å². The molecular formula is C18H27N3O3S. The van der Waals surface area contributed by atoms with Gasteiger partial charge in [-0.1, -0.05) is 6.42 Å². The zero-order valence-corrected chi connectivity index (χ0v) is 15.6. The minimum Gasteiger partial charge on any atom is -0.352 e. The highest BCUT2D eigenvalue weighted by Crippen LogP contribution is 2.30. The summed E-state index contributed by atoms with van der Waals surface area (Å²) in [5.74, 6) is -0.0840. The van der Waals surface area contributed by atoms with Gasteiger partial charge in [0.15, 0.2) is 0 Å². The number of amides is 1. The van der Waals surface area contributed by atoms with Crippen molar-refractivity contribution in [1.82, 2.24) is 10.2 Å². The Morgan fingerprint density at radius 2 is 1.92 bits per heavy atom. The average Bonchev–Trinajstić information content (AvgIpc) is 3.03. The first kappa shape index (κ1) is 18.2. The monoisotopic (exact) mass is 365 g/mol. The van der Waals surface area contributed by atoms with Gasteiger partial charge in [0, 0.05) is 18.7 Å². The van der Waals surface area contributed by atoms with E-state index in [1.807, 2.05) is 6.07 Å². The second-order valence-corrected chi connectivity index (χ2v) is 8.85. The standard InChI is InChI=1S/C18H27N3O3S/c1-25(23,24)21-13-8-15-14-16(6-7-17(15)21)18(22)19-9-5-12-20-10-3-2-4-11-20/h6-7,14H,2-5,8-13H2,1H3,(H,19,22). The number of likely N-dealkylation sites (tertiary alicyclic amines) is 1. The molecule has 0 atom stereocenters. The number of hydrogen-bond acceptors (Lipinski definition) is 4. The Labute approximate surface area is 150 Å². The largest absolute Gasteiger partial charge is 0.352 e. The van der Waals surface area contributed by atoms with Crippen LogP contribution >= 0.6 is 0 Å². The molecule has 2 aliphatic heterocycles. The summed E-state index contributed by atoms with van der Waals surface area (Å²) in [6, 6.07) is 5.27. The number of nitrogens with zero attached hydrogens (tertiary/aromatic N) is 2. The number of nitrogens with one attached hydrogen (secondary N) is 1. The number of anilines is 1. The van der Waals surface area contributed by atoms with Crippen LogP contribution in [0.2, 0.25) is 0 Å². The molecule has 7 heteroatoms. The maximum absolute atomic E-state index is 12.3. The molecule has 2 aliphatic rings. The summed E-state index contributed by atoms with van der Waals surface area (Å²) in [5, 5.41) is 2.97. The third-order valence-corrected chi connectivity index (χ3v) is 6.16. The summed E-state index contributed by atoms with van der Waals surface area (Å²) < 4.78 is 24.9. The summed E-state index contributed by atoms with van der Waals surface area (Å²) in [4.78, 5) is 14.8. The molecule has 25 heavy (non-hydrogen) atoms. The van der Waals surface area contributed by atoms with E-state index in [2.05, 4.69) is 10.2 Å². The summed E-state index contributed by atoms with van der Waals surface area (Å²) in [6.45, 7) is 4.51. The zero-order valence-electron chi connectivity index (χ0n) is 14.8. The Morgan fingerprint density at radius 1 is 1.16 bits per heavy atom. The maximum Gasteiger partial charge on any atom is 0.251 e. The van der Waals surface area contributed by atoms with Gasteiger partial charge in [0.2, 0.25) is 10.0 Å². The van der Waals surface area contributed by atoms with E-state index in [9.17, 15) is 13.2 Å². The van der Waals surface area contributed by atoms with E-state index in [0.717, 1.165) is 18.5 Å². The highest BCUT2D eigenvalue weighted by atomic mass is 32.2. The first-order chi connectivity index (χ1) is 11.9. The number of fused-ring (bicyclic) bond motifs is 1. The molecule has 1 N–H and O–H groups in total. The van der Waals surface area contributed by atoms with Crippen molar-refractivity contribution in [1.29, 1.82) is 0 Å². The van der Waals surface area contributed by atoms with Crippen LogP contribution in [0.5, 0.6) is 0 Å². The van der Waals surface area contributed by atoms with E-state index in [4.69, 9.17) is 0 Å². The Balaban J connectivity index is 1.51. The number of hydrogen-bond donors (Lipinski definition) is 1. The molecule has 6 nitrogen and oxygen atoms in total. The van der Waals surface area contributed by atoms with Crippen molar-refractivity contribution >= 4 is 21.6 Å². The van der Waals surface area contributed by atoms with Crippen LogP contribution in [0, 0.1) is 0 Å². The highest BCUT2D eigenvalue weighted by Gasteiger charge is 2.26. The molecule has 0 radical (unpaired) electrons. The van der Waals surface area contributed by atoms with Gasteiger partial charge in [-0.3, -0.25) is 9.10 Å². The van der Waals surface area contributed by atoms with Crippen LogP contribution in [-0.4, -0.2) is 58.2 Å². The van der Waals surface area contributed by atoms with E-state index in [1.54, 1.807) is 12.1 Å². The van der Waals surface area contributed by atoms with Gasteiger partial charge < -0.3 is 10.2 Å². The molecule has 0 bridgehead atoms. The number of carbonyl (C=O) groups excluding carboxylic acids is 1. The van der Waals surface area contributed by atoms with Gasteiger partial charge in [-0.25, -0.2) is 8.42 Å². The third-order valence-electron chi connectivity index (χ3n) is 4.98. The van der Waals surface area contributed by atoms with Gasteiger partial charge in [0.1, 0.15) is 0 Å². The molecule has 0 saturated carbocycles. The fourth-order valence-corrected chi connectivity index (χ4v) is 4.61. The van der Waals surface area contributed by atoms with Crippen LogP contribution in [0.15, 0.2) is 18.2 Å². The van der Waals surface area contributed by atoms with Crippen LogP contribution in [-0.2, 0) is 16.4 Å². The Kier molecular flexibility index (Phi) is 5.64. The number of benzene rings is 1. The lowest BCUT2D eigenvalue weighted by atomic mass is 10.1. The normalized spacial score (nSPS) is 18.2. The van der Waals surface area contributed by atoms with Crippen LogP contribution < -0.4 is 9.62 Å². The Morgan fingerprint density at radius 3 is 2.64 bits per heavy atom. The third kappa shape index (κ3) is 4.52. The second-order valence-electron chi connectivity index (χ2n) is 6.94. The molecule has 1 amide bonds. The topological polar surface area (TPSA) is 69.7 Å². The van der Waals surface area contributed by atoms with Crippen molar-refractivity contribution in [3.05, 3.63) is 29.3 Å². The average molecular weight is 365 g/mol. The second kappa shape index (κ2) is 7.74. The molecule has 3 rings (SSSR count). The SMILES string of the molecule is CS(=O)(=O)N1CCc2cc(C(=O)NCCCN3CCCCC3)ccc21. The first-order valence-electron chi connectivity index (χ1n) is 9.06. The van der Waals surface area contributed by atoms with Gasteiger partial charge >= 0.3 is 0 Å². The predicted molar refractivity (Wildman–Crippen MR) is 99.6 cm³/mol. The van der Waals surface area contributed by atoms with E-state index < -0.39 is 10.0 Å². The van der Waals surface area contributed by atoms with Gasteiger partial charge in [0.25, 0.3) is 5.91 Å². The molecule has 0 spiro atoms. The number of piperidine rings is 1. The van der Waals surface area contributed by atoms with Crippen LogP contribution in [0.25, 0.3) is 0 Å². The lowest BCUT2D eigenvalue weighted by Gasteiger charge is -2.26. The van der Waals surface area contributed by atoms with Gasteiger partial charge in [-0.15, -0.1) is 0 Å². The Hall–Kier alpha value is -1.60. The molecule has 0 unspecified atom stereocenters. The fourth-order valence-electron chi connectivity index (χ4n) is 3.65. The molecule has 1 aromatic rings. The van der Waals surface area contributed by atoms with Crippen molar-refractivity contribution in [2.45, 2.75) is 32.1 Å². The van der Waals surface area contributed by atoms with Gasteiger partial charge in [0.05, 0.1) is 11.9 Å². The highest BCUT2D eigenvalue weighted by molar-refractivity contribution is 7.92. The maximum atomic E-state index is 12.3. The van der Waals surface area contributed by atoms with E-state index >= 15 is 0 Å². The molecule has 0 aromatic heterocycles. The molecule has 1 saturated heterocycles. The number of carbonyl (C=O) groups is 1. The molecule has 2 heterocycles. The first-order valence-corrected chi connectivity index (χ1v) is 10.9. The molecule has 1 fully saturated rings. The minimum absolute atomic E-state index is 0.0840. The smallest absolute Gasteiger partial charge is 0.251 e. The summed E-state index contributed by atoms with van der Waals surface area (Å²) in [5.41, 5.74) is 2.22. The van der Waals surface area contributed by atoms with Gasteiger partial charge in [-0.05, 0) is 69.1 Å². The molecular weight excluding hydrogens is 338 g/mol. The van der Waals surface area contributed by atoms with Crippen LogP contribution in [0.1, 0.15) is 41.6 Å². The summed E-state index contributed by atoms with van der Waals surface area (Å²) in [7, 11) is -3.25. The van der Waals surface area contributed by atoms with Crippen LogP contribution in [0.4, 0.5) is 5.69 Å². The minimum atomic E-state index is -3.25. The van der Waals surface area contributed by atoms with Crippen molar-refractivity contribution in [3.63, 3.8) is 0 Å². The lowest BCUT2D eigenvalue weighted by Crippen LogP contribution is -2.33.